The summed E-state index contributed by atoms with van der Waals surface area (Å²) in [5.74, 6) is -0.105. The van der Waals surface area contributed by atoms with Crippen molar-refractivity contribution in [3.05, 3.63) is 63.6 Å². The Morgan fingerprint density at radius 2 is 1.63 bits per heavy atom. The van der Waals surface area contributed by atoms with Gasteiger partial charge in [0.25, 0.3) is 0 Å². The van der Waals surface area contributed by atoms with Crippen LogP contribution in [0, 0.1) is 0 Å². The smallest absolute Gasteiger partial charge is 0.194 e. The molecule has 0 aliphatic heterocycles. The molecule has 0 fully saturated rings. The van der Waals surface area contributed by atoms with Crippen LogP contribution in [0.4, 0.5) is 5.69 Å². The van der Waals surface area contributed by atoms with Crippen LogP contribution >= 0.6 is 23.2 Å². The molecule has 98 valence electrons. The molecule has 0 saturated carbocycles. The zero-order valence-corrected chi connectivity index (χ0v) is 12.2. The van der Waals surface area contributed by atoms with Crippen molar-refractivity contribution < 1.29 is 4.79 Å². The van der Waals surface area contributed by atoms with Crippen molar-refractivity contribution in [3.8, 4) is 0 Å². The van der Waals surface area contributed by atoms with Crippen molar-refractivity contribution >= 4 is 34.7 Å². The Balaban J connectivity index is 2.33. The fraction of sp³-hybridized carbons (Fsp3) is 0.133. The van der Waals surface area contributed by atoms with Gasteiger partial charge in [-0.25, -0.2) is 0 Å². The molecule has 0 aliphatic carbocycles. The van der Waals surface area contributed by atoms with E-state index in [4.69, 9.17) is 23.2 Å². The van der Waals surface area contributed by atoms with Gasteiger partial charge in [-0.2, -0.15) is 0 Å². The predicted octanol–water partition coefficient (Wildman–Crippen LogP) is 4.29. The highest BCUT2D eigenvalue weighted by atomic mass is 35.5. The van der Waals surface area contributed by atoms with Crippen LogP contribution in [0.25, 0.3) is 0 Å². The molecular weight excluding hydrogens is 281 g/mol. The Bertz CT molecular complexity index is 606. The lowest BCUT2D eigenvalue weighted by atomic mass is 10.0. The van der Waals surface area contributed by atoms with E-state index in [0.29, 0.717) is 21.2 Å². The van der Waals surface area contributed by atoms with Crippen LogP contribution in [-0.2, 0) is 0 Å². The van der Waals surface area contributed by atoms with Crippen molar-refractivity contribution in [3.63, 3.8) is 0 Å². The molecule has 0 saturated heterocycles. The summed E-state index contributed by atoms with van der Waals surface area (Å²) in [7, 11) is 3.90. The number of ketones is 1. The number of nitrogens with zero attached hydrogens (tertiary/aromatic N) is 1. The summed E-state index contributed by atoms with van der Waals surface area (Å²) in [6, 6.07) is 12.3. The predicted molar refractivity (Wildman–Crippen MR) is 80.7 cm³/mol. The zero-order valence-electron chi connectivity index (χ0n) is 10.7. The van der Waals surface area contributed by atoms with E-state index in [1.54, 1.807) is 30.3 Å². The van der Waals surface area contributed by atoms with Gasteiger partial charge >= 0.3 is 0 Å². The number of hydrogen-bond acceptors (Lipinski definition) is 2. The van der Waals surface area contributed by atoms with E-state index in [9.17, 15) is 4.79 Å². The minimum atomic E-state index is -0.105. The van der Waals surface area contributed by atoms with Gasteiger partial charge in [0.05, 0.1) is 5.02 Å². The highest BCUT2D eigenvalue weighted by Gasteiger charge is 2.13. The van der Waals surface area contributed by atoms with Crippen molar-refractivity contribution in [1.29, 1.82) is 0 Å². The molecular formula is C15H13Cl2NO. The van der Waals surface area contributed by atoms with E-state index >= 15 is 0 Å². The van der Waals surface area contributed by atoms with Crippen LogP contribution in [0.15, 0.2) is 42.5 Å². The molecule has 0 bridgehead atoms. The molecule has 19 heavy (non-hydrogen) atoms. The normalized spacial score (nSPS) is 10.3. The van der Waals surface area contributed by atoms with Crippen molar-refractivity contribution in [2.75, 3.05) is 19.0 Å². The summed E-state index contributed by atoms with van der Waals surface area (Å²) in [6.07, 6.45) is 0. The van der Waals surface area contributed by atoms with Gasteiger partial charge in [-0.15, -0.1) is 0 Å². The van der Waals surface area contributed by atoms with Crippen LogP contribution in [-0.4, -0.2) is 19.9 Å². The molecule has 0 radical (unpaired) electrons. The second-order valence-electron chi connectivity index (χ2n) is 4.39. The molecule has 2 aromatic rings. The molecule has 0 amide bonds. The van der Waals surface area contributed by atoms with E-state index in [0.717, 1.165) is 5.69 Å². The maximum atomic E-state index is 12.3. The first-order valence-corrected chi connectivity index (χ1v) is 6.52. The first-order valence-electron chi connectivity index (χ1n) is 5.76. The lowest BCUT2D eigenvalue weighted by Crippen LogP contribution is -2.09. The highest BCUT2D eigenvalue weighted by Crippen LogP contribution is 2.24. The number of carbonyl (C=O) groups excluding carboxylic acids is 1. The molecule has 4 heteroatoms. The van der Waals surface area contributed by atoms with Gasteiger partial charge in [-0.1, -0.05) is 23.2 Å². The molecule has 2 nitrogen and oxygen atoms in total. The lowest BCUT2D eigenvalue weighted by molar-refractivity contribution is 0.103. The third kappa shape index (κ3) is 3.09. The molecule has 0 aliphatic rings. The first kappa shape index (κ1) is 13.9. The number of hydrogen-bond donors (Lipinski definition) is 0. The Morgan fingerprint density at radius 3 is 2.16 bits per heavy atom. The van der Waals surface area contributed by atoms with E-state index < -0.39 is 0 Å². The fourth-order valence-corrected chi connectivity index (χ4v) is 2.23. The van der Waals surface area contributed by atoms with Gasteiger partial charge in [-0.05, 0) is 42.5 Å². The van der Waals surface area contributed by atoms with Crippen LogP contribution in [0.5, 0.6) is 0 Å². The summed E-state index contributed by atoms with van der Waals surface area (Å²) in [6.45, 7) is 0. The number of rotatable bonds is 3. The van der Waals surface area contributed by atoms with Crippen molar-refractivity contribution in [2.24, 2.45) is 0 Å². The Hall–Kier alpha value is -1.51. The molecule has 2 rings (SSSR count). The van der Waals surface area contributed by atoms with Gasteiger partial charge in [-0.3, -0.25) is 4.79 Å². The number of carbonyl (C=O) groups is 1. The van der Waals surface area contributed by atoms with Crippen LogP contribution in [0.1, 0.15) is 15.9 Å². The maximum Gasteiger partial charge on any atom is 0.194 e. The van der Waals surface area contributed by atoms with Crippen LogP contribution in [0.3, 0.4) is 0 Å². The van der Waals surface area contributed by atoms with Crippen LogP contribution < -0.4 is 4.90 Å². The minimum Gasteiger partial charge on any atom is -0.378 e. The summed E-state index contributed by atoms with van der Waals surface area (Å²) in [5.41, 5.74) is 2.11. The average Bonchev–Trinajstić information content (AvgIpc) is 2.38. The lowest BCUT2D eigenvalue weighted by Gasteiger charge is -2.12. The quantitative estimate of drug-likeness (QED) is 0.787. The second-order valence-corrected chi connectivity index (χ2v) is 5.24. The van der Waals surface area contributed by atoms with Gasteiger partial charge in [0.1, 0.15) is 0 Å². The summed E-state index contributed by atoms with van der Waals surface area (Å²) < 4.78 is 0. The van der Waals surface area contributed by atoms with Crippen LogP contribution in [0.2, 0.25) is 10.0 Å². The van der Waals surface area contributed by atoms with Gasteiger partial charge in [0, 0.05) is 35.9 Å². The van der Waals surface area contributed by atoms with Gasteiger partial charge in [0.2, 0.25) is 0 Å². The molecule has 0 atom stereocenters. The van der Waals surface area contributed by atoms with Crippen molar-refractivity contribution in [2.45, 2.75) is 0 Å². The van der Waals surface area contributed by atoms with E-state index in [1.165, 1.54) is 0 Å². The highest BCUT2D eigenvalue weighted by molar-refractivity contribution is 6.37. The SMILES string of the molecule is CN(C)c1ccc(C(=O)c2ccc(Cl)cc2Cl)cc1. The Labute approximate surface area is 122 Å². The molecule has 2 aromatic carbocycles. The topological polar surface area (TPSA) is 20.3 Å². The fourth-order valence-electron chi connectivity index (χ4n) is 1.74. The third-order valence-electron chi connectivity index (χ3n) is 2.82. The number of anilines is 1. The van der Waals surface area contributed by atoms with E-state index in [-0.39, 0.29) is 5.78 Å². The minimum absolute atomic E-state index is 0.105. The summed E-state index contributed by atoms with van der Waals surface area (Å²) >= 11 is 11.9. The average molecular weight is 294 g/mol. The Morgan fingerprint density at radius 1 is 1.00 bits per heavy atom. The maximum absolute atomic E-state index is 12.3. The molecule has 0 unspecified atom stereocenters. The summed E-state index contributed by atoms with van der Waals surface area (Å²) in [4.78, 5) is 14.3. The van der Waals surface area contributed by atoms with Crippen molar-refractivity contribution in [1.82, 2.24) is 0 Å². The molecule has 0 heterocycles. The monoisotopic (exact) mass is 293 g/mol. The van der Waals surface area contributed by atoms with Gasteiger partial charge in [0.15, 0.2) is 5.78 Å². The number of halogens is 2. The third-order valence-corrected chi connectivity index (χ3v) is 3.37. The first-order chi connectivity index (χ1) is 8.99. The van der Waals surface area contributed by atoms with E-state index in [1.807, 2.05) is 31.1 Å². The van der Waals surface area contributed by atoms with Gasteiger partial charge < -0.3 is 4.90 Å². The molecule has 0 spiro atoms. The van der Waals surface area contributed by atoms with E-state index in [2.05, 4.69) is 0 Å². The standard InChI is InChI=1S/C15H13Cl2NO/c1-18(2)12-6-3-10(4-7-12)15(19)13-8-5-11(16)9-14(13)17/h3-9H,1-2H3. The number of benzene rings is 2. The summed E-state index contributed by atoms with van der Waals surface area (Å²) in [5, 5.41) is 0.888. The molecule has 0 N–H and O–H groups in total. The Kier molecular flexibility index (Phi) is 4.13. The second kappa shape index (κ2) is 5.64. The molecule has 0 aromatic heterocycles. The largest absolute Gasteiger partial charge is 0.378 e. The zero-order chi connectivity index (χ0) is 14.0.